The average molecular weight is 594 g/mol. The smallest absolute Gasteiger partial charge is 0.431 e. The van der Waals surface area contributed by atoms with Crippen LogP contribution in [0.5, 0.6) is 0 Å². The van der Waals surface area contributed by atoms with Crippen LogP contribution in [0.4, 0.5) is 17.6 Å². The van der Waals surface area contributed by atoms with Gasteiger partial charge in [0.05, 0.1) is 0 Å². The third kappa shape index (κ3) is 5.84. The van der Waals surface area contributed by atoms with Crippen LogP contribution in [0.2, 0.25) is 0 Å². The van der Waals surface area contributed by atoms with Gasteiger partial charge in [-0.15, -0.1) is 29.3 Å². The molecule has 0 unspecified atom stereocenters. The Kier molecular flexibility index (Phi) is 7.64. The van der Waals surface area contributed by atoms with E-state index >= 15 is 0 Å². The second kappa shape index (κ2) is 9.77. The zero-order valence-electron chi connectivity index (χ0n) is 15.8. The second-order valence-electron chi connectivity index (χ2n) is 6.08. The summed E-state index contributed by atoms with van der Waals surface area (Å²) in [6.45, 7) is 1.85. The fraction of sp³-hybridized carbons (Fsp3) is 0.150. The molecule has 0 bridgehead atoms. The van der Waals surface area contributed by atoms with Gasteiger partial charge in [0.2, 0.25) is 0 Å². The van der Waals surface area contributed by atoms with E-state index in [0.717, 1.165) is 22.9 Å². The van der Waals surface area contributed by atoms with Crippen LogP contribution < -0.4 is 5.10 Å². The van der Waals surface area contributed by atoms with E-state index in [2.05, 4.69) is 26.3 Å². The minimum absolute atomic E-state index is 0. The third-order valence-electron chi connectivity index (χ3n) is 3.83. The van der Waals surface area contributed by atoms with Crippen molar-refractivity contribution in [3.8, 4) is 22.6 Å². The topological polar surface area (TPSA) is 57.7 Å². The summed E-state index contributed by atoms with van der Waals surface area (Å²) >= 11 is 0. The van der Waals surface area contributed by atoms with E-state index in [-0.39, 0.29) is 31.6 Å². The third-order valence-corrected chi connectivity index (χ3v) is 3.83. The Balaban J connectivity index is 0.000000207. The van der Waals surface area contributed by atoms with E-state index in [1.165, 1.54) is 18.3 Å². The molecule has 0 spiro atoms. The number of alkyl halides is 3. The summed E-state index contributed by atoms with van der Waals surface area (Å²) in [5.41, 5.74) is 2.03. The van der Waals surface area contributed by atoms with Crippen LogP contribution in [0.25, 0.3) is 22.6 Å². The monoisotopic (exact) mass is 594 g/mol. The van der Waals surface area contributed by atoms with Crippen molar-refractivity contribution in [2.75, 3.05) is 0 Å². The number of aryl methyl sites for hydroxylation is 2. The van der Waals surface area contributed by atoms with Crippen molar-refractivity contribution in [1.82, 2.24) is 25.0 Å². The summed E-state index contributed by atoms with van der Waals surface area (Å²) in [6.07, 6.45) is -1.12. The zero-order chi connectivity index (χ0) is 21.0. The van der Waals surface area contributed by atoms with E-state index < -0.39 is 11.9 Å². The molecule has 4 aromatic rings. The Bertz CT molecular complexity index is 1090. The number of pyridine rings is 1. The van der Waals surface area contributed by atoms with Crippen LogP contribution >= 0.6 is 0 Å². The maximum atomic E-state index is 12.8. The molecule has 1 radical (unpaired) electrons. The molecule has 159 valence electrons. The molecule has 0 fully saturated rings. The van der Waals surface area contributed by atoms with Gasteiger partial charge in [-0.3, -0.25) is 14.1 Å². The first kappa shape index (κ1) is 23.4. The molecule has 1 aromatic carbocycles. The predicted molar refractivity (Wildman–Crippen MR) is 98.0 cm³/mol. The Morgan fingerprint density at radius 2 is 1.87 bits per heavy atom. The normalized spacial score (nSPS) is 10.7. The van der Waals surface area contributed by atoms with Crippen molar-refractivity contribution >= 4 is 0 Å². The minimum atomic E-state index is -4.46. The summed E-state index contributed by atoms with van der Waals surface area (Å²) in [7, 11) is 1.85. The van der Waals surface area contributed by atoms with Gasteiger partial charge in [-0.1, -0.05) is 24.8 Å². The number of aromatic nitrogens is 5. The number of rotatable bonds is 2. The molecule has 0 saturated carbocycles. The van der Waals surface area contributed by atoms with Gasteiger partial charge in [0, 0.05) is 56.8 Å². The molecule has 0 N–H and O–H groups in total. The number of hydrogen-bond donors (Lipinski definition) is 0. The first-order valence-electron chi connectivity index (χ1n) is 8.41. The zero-order valence-corrected chi connectivity index (χ0v) is 18.2. The van der Waals surface area contributed by atoms with Crippen molar-refractivity contribution in [3.63, 3.8) is 0 Å². The molecular formula is C20H15F4IrN5-2. The molecule has 0 amide bonds. The van der Waals surface area contributed by atoms with Crippen LogP contribution in [-0.4, -0.2) is 19.9 Å². The maximum absolute atomic E-state index is 12.8. The average Bonchev–Trinajstić information content (AvgIpc) is 3.32. The van der Waals surface area contributed by atoms with E-state index in [0.29, 0.717) is 5.69 Å². The van der Waals surface area contributed by atoms with Gasteiger partial charge in [-0.25, -0.2) is 5.10 Å². The molecular weight excluding hydrogens is 578 g/mol. The summed E-state index contributed by atoms with van der Waals surface area (Å²) in [6, 6.07) is 13.4. The molecule has 5 nitrogen and oxygen atoms in total. The van der Waals surface area contributed by atoms with Gasteiger partial charge in [-0.2, -0.15) is 13.2 Å². The molecule has 0 saturated heterocycles. The minimum Gasteiger partial charge on any atom is -0.573 e. The van der Waals surface area contributed by atoms with Crippen molar-refractivity contribution in [3.05, 3.63) is 78.0 Å². The van der Waals surface area contributed by atoms with Crippen LogP contribution in [0.15, 0.2) is 54.9 Å². The standard InChI is InChI=1S/C11H10FN2.C9H5F3N3.Ir/c1-8-7-9(12)3-4-10(8)11-5-6-14(2)13-11;10-9(11,12)8-5-7(14-15-8)6-3-1-2-4-13-6;/h3,5-7H,1-2H3;1-5H;/q2*-1;. The SMILES string of the molecule is Cc1cc(F)c[c-]c1-c1ccn(C)n1.FC(F)(F)c1cc(-c2ccccn2)[n-]n1.[Ir]. The molecule has 0 aliphatic rings. The van der Waals surface area contributed by atoms with Crippen molar-refractivity contribution in [1.29, 1.82) is 0 Å². The number of halogens is 4. The second-order valence-corrected chi connectivity index (χ2v) is 6.08. The Morgan fingerprint density at radius 1 is 1.10 bits per heavy atom. The maximum Gasteiger partial charge on any atom is 0.431 e. The van der Waals surface area contributed by atoms with Gasteiger partial charge in [0.25, 0.3) is 0 Å². The largest absolute Gasteiger partial charge is 0.573 e. The molecule has 0 atom stereocenters. The van der Waals surface area contributed by atoms with E-state index in [9.17, 15) is 17.6 Å². The van der Waals surface area contributed by atoms with Crippen LogP contribution in [0.3, 0.4) is 0 Å². The quantitative estimate of drug-likeness (QED) is 0.255. The van der Waals surface area contributed by atoms with Gasteiger partial charge in [0.15, 0.2) is 0 Å². The molecule has 4 rings (SSSR count). The first-order valence-corrected chi connectivity index (χ1v) is 8.41. The number of benzene rings is 1. The van der Waals surface area contributed by atoms with Crippen LogP contribution in [-0.2, 0) is 33.3 Å². The first-order chi connectivity index (χ1) is 13.7. The Morgan fingerprint density at radius 3 is 2.40 bits per heavy atom. The fourth-order valence-electron chi connectivity index (χ4n) is 2.47. The van der Waals surface area contributed by atoms with Crippen LogP contribution in [0.1, 0.15) is 11.3 Å². The summed E-state index contributed by atoms with van der Waals surface area (Å²) in [5.74, 6) is -0.262. The summed E-state index contributed by atoms with van der Waals surface area (Å²) in [4.78, 5) is 3.87. The van der Waals surface area contributed by atoms with Gasteiger partial charge < -0.3 is 10.2 Å². The number of hydrogen-bond acceptors (Lipinski definition) is 3. The van der Waals surface area contributed by atoms with Crippen molar-refractivity contribution in [2.24, 2.45) is 7.05 Å². The summed E-state index contributed by atoms with van der Waals surface area (Å²) in [5, 5.41) is 10.7. The molecule has 3 aromatic heterocycles. The fourth-order valence-corrected chi connectivity index (χ4v) is 2.47. The predicted octanol–water partition coefficient (Wildman–Crippen LogP) is 4.45. The van der Waals surface area contributed by atoms with Crippen molar-refractivity contribution < 1.29 is 37.7 Å². The van der Waals surface area contributed by atoms with E-state index in [1.54, 1.807) is 22.9 Å². The van der Waals surface area contributed by atoms with Gasteiger partial charge in [-0.05, 0) is 18.2 Å². The van der Waals surface area contributed by atoms with E-state index in [4.69, 9.17) is 0 Å². The van der Waals surface area contributed by atoms with E-state index in [1.807, 2.05) is 26.2 Å². The van der Waals surface area contributed by atoms with Crippen molar-refractivity contribution in [2.45, 2.75) is 13.1 Å². The van der Waals surface area contributed by atoms with Crippen LogP contribution in [0, 0.1) is 18.8 Å². The molecule has 3 heterocycles. The molecule has 0 aliphatic heterocycles. The van der Waals surface area contributed by atoms with Gasteiger partial charge in [0.1, 0.15) is 5.69 Å². The van der Waals surface area contributed by atoms with Gasteiger partial charge >= 0.3 is 6.18 Å². The molecule has 0 aliphatic carbocycles. The molecule has 10 heteroatoms. The Labute approximate surface area is 183 Å². The molecule has 30 heavy (non-hydrogen) atoms. The Hall–Kier alpha value is -2.84. The summed E-state index contributed by atoms with van der Waals surface area (Å²) < 4.78 is 51.1. The number of nitrogens with zero attached hydrogens (tertiary/aromatic N) is 5.